The van der Waals surface area contributed by atoms with E-state index < -0.39 is 0 Å². The number of benzene rings is 2. The number of rotatable bonds is 1. The van der Waals surface area contributed by atoms with E-state index in [2.05, 4.69) is 84.0 Å². The van der Waals surface area contributed by atoms with Gasteiger partial charge >= 0.3 is 0 Å². The van der Waals surface area contributed by atoms with Crippen LogP contribution in [0, 0.1) is 0 Å². The van der Waals surface area contributed by atoms with Crippen molar-refractivity contribution in [1.82, 2.24) is 9.97 Å². The molecule has 0 saturated carbocycles. The van der Waals surface area contributed by atoms with Crippen LogP contribution in [0.15, 0.2) is 48.5 Å². The average Bonchev–Trinajstić information content (AvgIpc) is 2.52. The molecule has 2 heteroatoms. The van der Waals surface area contributed by atoms with Crippen molar-refractivity contribution in [3.63, 3.8) is 0 Å². The van der Waals surface area contributed by atoms with Crippen molar-refractivity contribution in [1.29, 1.82) is 0 Å². The van der Waals surface area contributed by atoms with Gasteiger partial charge in [0, 0.05) is 16.4 Å². The Kier molecular flexibility index (Phi) is 3.95. The second-order valence-electron chi connectivity index (χ2n) is 8.49. The summed E-state index contributed by atoms with van der Waals surface area (Å²) in [6, 6.07) is 17.0. The summed E-state index contributed by atoms with van der Waals surface area (Å²) in [6.07, 6.45) is 0. The number of fused-ring (bicyclic) bond motifs is 1. The first-order valence-electron chi connectivity index (χ1n) is 8.54. The number of hydrogen-bond donors (Lipinski definition) is 0. The largest absolute Gasteiger partial charge is 0.232 e. The highest BCUT2D eigenvalue weighted by atomic mass is 14.9. The Bertz CT molecular complexity index is 863. The van der Waals surface area contributed by atoms with Gasteiger partial charge in [0.1, 0.15) is 5.82 Å². The van der Waals surface area contributed by atoms with Crippen molar-refractivity contribution < 1.29 is 0 Å². The Morgan fingerprint density at radius 3 is 1.88 bits per heavy atom. The van der Waals surface area contributed by atoms with Gasteiger partial charge in [-0.05, 0) is 17.0 Å². The van der Waals surface area contributed by atoms with Crippen LogP contribution in [0.3, 0.4) is 0 Å². The summed E-state index contributed by atoms with van der Waals surface area (Å²) in [5.41, 5.74) is 4.58. The van der Waals surface area contributed by atoms with E-state index in [-0.39, 0.29) is 10.8 Å². The van der Waals surface area contributed by atoms with Crippen molar-refractivity contribution in [3.05, 3.63) is 59.9 Å². The molecular weight excluding hydrogens is 292 g/mol. The highest BCUT2D eigenvalue weighted by Crippen LogP contribution is 2.31. The molecule has 0 aliphatic rings. The molecular formula is C22H26N2. The van der Waals surface area contributed by atoms with Crippen LogP contribution in [0.25, 0.3) is 22.2 Å². The Morgan fingerprint density at radius 1 is 0.667 bits per heavy atom. The zero-order valence-corrected chi connectivity index (χ0v) is 15.5. The van der Waals surface area contributed by atoms with Gasteiger partial charge in [-0.1, -0.05) is 84.0 Å². The minimum absolute atomic E-state index is 0.0792. The predicted molar refractivity (Wildman–Crippen MR) is 102 cm³/mol. The highest BCUT2D eigenvalue weighted by Gasteiger charge is 2.20. The monoisotopic (exact) mass is 318 g/mol. The van der Waals surface area contributed by atoms with Gasteiger partial charge in [0.15, 0.2) is 0 Å². The summed E-state index contributed by atoms with van der Waals surface area (Å²) in [5.74, 6) is 0.885. The maximum atomic E-state index is 4.92. The lowest BCUT2D eigenvalue weighted by Gasteiger charge is -2.20. The third-order valence-corrected chi connectivity index (χ3v) is 4.30. The molecule has 1 aromatic heterocycles. The van der Waals surface area contributed by atoms with E-state index in [0.717, 1.165) is 28.0 Å². The minimum Gasteiger partial charge on any atom is -0.232 e. The standard InChI is InChI=1S/C22H26N2/c1-21(2,3)16-13-11-15(12-14-16)19-17-9-7-8-10-18(17)23-20(24-19)22(4,5)6/h7-14H,1-6H3. The summed E-state index contributed by atoms with van der Waals surface area (Å²) >= 11 is 0. The topological polar surface area (TPSA) is 25.8 Å². The maximum absolute atomic E-state index is 4.92. The van der Waals surface area contributed by atoms with Crippen LogP contribution in [0.5, 0.6) is 0 Å². The Balaban J connectivity index is 2.21. The van der Waals surface area contributed by atoms with E-state index in [1.165, 1.54) is 5.56 Å². The van der Waals surface area contributed by atoms with E-state index in [9.17, 15) is 0 Å². The maximum Gasteiger partial charge on any atom is 0.135 e. The molecule has 0 bridgehead atoms. The number of para-hydroxylation sites is 1. The lowest BCUT2D eigenvalue weighted by molar-refractivity contribution is 0.549. The molecule has 24 heavy (non-hydrogen) atoms. The predicted octanol–water partition coefficient (Wildman–Crippen LogP) is 5.89. The molecule has 2 aromatic carbocycles. The molecule has 0 amide bonds. The lowest BCUT2D eigenvalue weighted by Crippen LogP contribution is -2.16. The van der Waals surface area contributed by atoms with Crippen LogP contribution < -0.4 is 0 Å². The minimum atomic E-state index is -0.0792. The van der Waals surface area contributed by atoms with Crippen molar-refractivity contribution in [2.75, 3.05) is 0 Å². The fourth-order valence-corrected chi connectivity index (χ4v) is 2.76. The molecule has 0 radical (unpaired) electrons. The molecule has 0 saturated heterocycles. The van der Waals surface area contributed by atoms with Crippen LogP contribution in [-0.2, 0) is 10.8 Å². The first-order chi connectivity index (χ1) is 11.2. The molecule has 0 fully saturated rings. The smallest absolute Gasteiger partial charge is 0.135 e. The molecule has 0 unspecified atom stereocenters. The highest BCUT2D eigenvalue weighted by molar-refractivity contribution is 5.92. The van der Waals surface area contributed by atoms with Gasteiger partial charge in [-0.25, -0.2) is 9.97 Å². The van der Waals surface area contributed by atoms with Crippen LogP contribution in [-0.4, -0.2) is 9.97 Å². The van der Waals surface area contributed by atoms with E-state index in [1.807, 2.05) is 6.07 Å². The number of nitrogens with zero attached hydrogens (tertiary/aromatic N) is 2. The van der Waals surface area contributed by atoms with E-state index >= 15 is 0 Å². The molecule has 124 valence electrons. The van der Waals surface area contributed by atoms with E-state index in [4.69, 9.17) is 9.97 Å². The van der Waals surface area contributed by atoms with Crippen molar-refractivity contribution in [2.24, 2.45) is 0 Å². The average molecular weight is 318 g/mol. The van der Waals surface area contributed by atoms with Gasteiger partial charge in [-0.15, -0.1) is 0 Å². The van der Waals surface area contributed by atoms with Gasteiger partial charge in [0.2, 0.25) is 0 Å². The summed E-state index contributed by atoms with van der Waals surface area (Å²) in [6.45, 7) is 13.2. The zero-order chi connectivity index (χ0) is 17.5. The first-order valence-corrected chi connectivity index (χ1v) is 8.54. The second-order valence-corrected chi connectivity index (χ2v) is 8.49. The number of aromatic nitrogens is 2. The second kappa shape index (κ2) is 5.70. The molecule has 0 spiro atoms. The molecule has 0 N–H and O–H groups in total. The SMILES string of the molecule is CC(C)(C)c1ccc(-c2nc(C(C)(C)C)nc3ccccc23)cc1. The Labute approximate surface area is 145 Å². The molecule has 0 aliphatic carbocycles. The van der Waals surface area contributed by atoms with Gasteiger partial charge in [0.05, 0.1) is 11.2 Å². The van der Waals surface area contributed by atoms with Crippen molar-refractivity contribution >= 4 is 10.9 Å². The van der Waals surface area contributed by atoms with E-state index in [1.54, 1.807) is 0 Å². The van der Waals surface area contributed by atoms with E-state index in [0.29, 0.717) is 0 Å². The normalized spacial score (nSPS) is 12.6. The summed E-state index contributed by atoms with van der Waals surface area (Å²) in [7, 11) is 0. The summed E-state index contributed by atoms with van der Waals surface area (Å²) in [5, 5.41) is 1.11. The van der Waals surface area contributed by atoms with Gasteiger partial charge in [0.25, 0.3) is 0 Å². The van der Waals surface area contributed by atoms with Gasteiger partial charge < -0.3 is 0 Å². The molecule has 3 rings (SSSR count). The van der Waals surface area contributed by atoms with Gasteiger partial charge in [-0.3, -0.25) is 0 Å². The van der Waals surface area contributed by atoms with Crippen molar-refractivity contribution in [3.8, 4) is 11.3 Å². The third kappa shape index (κ3) is 3.19. The van der Waals surface area contributed by atoms with Crippen LogP contribution >= 0.6 is 0 Å². The molecule has 1 heterocycles. The summed E-state index contributed by atoms with van der Waals surface area (Å²) in [4.78, 5) is 9.70. The van der Waals surface area contributed by atoms with Gasteiger partial charge in [-0.2, -0.15) is 0 Å². The fourth-order valence-electron chi connectivity index (χ4n) is 2.76. The molecule has 2 nitrogen and oxygen atoms in total. The van der Waals surface area contributed by atoms with Crippen LogP contribution in [0.1, 0.15) is 52.9 Å². The van der Waals surface area contributed by atoms with Crippen LogP contribution in [0.2, 0.25) is 0 Å². The van der Waals surface area contributed by atoms with Crippen LogP contribution in [0.4, 0.5) is 0 Å². The lowest BCUT2D eigenvalue weighted by atomic mass is 9.86. The fraction of sp³-hybridized carbons (Fsp3) is 0.364. The first kappa shape index (κ1) is 16.6. The molecule has 0 aliphatic heterocycles. The Morgan fingerprint density at radius 2 is 1.29 bits per heavy atom. The number of hydrogen-bond acceptors (Lipinski definition) is 2. The molecule has 3 aromatic rings. The molecule has 0 atom stereocenters. The summed E-state index contributed by atoms with van der Waals surface area (Å²) < 4.78 is 0. The zero-order valence-electron chi connectivity index (χ0n) is 15.5. The Hall–Kier alpha value is -2.22. The van der Waals surface area contributed by atoms with Crippen molar-refractivity contribution in [2.45, 2.75) is 52.4 Å². The quantitative estimate of drug-likeness (QED) is 0.559. The third-order valence-electron chi connectivity index (χ3n) is 4.30.